The first-order chi connectivity index (χ1) is 6.66. The smallest absolute Gasteiger partial charge is 0.0967 e. The van der Waals surface area contributed by atoms with Gasteiger partial charge in [0.25, 0.3) is 0 Å². The van der Waals surface area contributed by atoms with Crippen LogP contribution in [0.1, 0.15) is 11.3 Å². The van der Waals surface area contributed by atoms with Gasteiger partial charge in [0.05, 0.1) is 5.69 Å². The average Bonchev–Trinajstić information content (AvgIpc) is 2.47. The molecule has 0 aliphatic heterocycles. The van der Waals surface area contributed by atoms with Crippen molar-refractivity contribution in [1.29, 1.82) is 0 Å². The minimum atomic E-state index is 1.01. The monoisotopic (exact) mass is 187 g/mol. The lowest BCUT2D eigenvalue weighted by atomic mass is 10.1. The van der Waals surface area contributed by atoms with Crippen molar-refractivity contribution in [3.63, 3.8) is 0 Å². The molecule has 0 radical (unpaired) electrons. The van der Waals surface area contributed by atoms with Crippen molar-refractivity contribution in [1.82, 2.24) is 14.8 Å². The molecule has 2 rings (SSSR count). The summed E-state index contributed by atoms with van der Waals surface area (Å²) in [5.41, 5.74) is 4.30. The van der Waals surface area contributed by atoms with Crippen molar-refractivity contribution < 1.29 is 0 Å². The first-order valence-electron chi connectivity index (χ1n) is 4.60. The third-order valence-corrected chi connectivity index (χ3v) is 2.20. The quantitative estimate of drug-likeness (QED) is 0.684. The Labute approximate surface area is 83.4 Å². The summed E-state index contributed by atoms with van der Waals surface area (Å²) in [6.07, 6.45) is 3.87. The van der Waals surface area contributed by atoms with E-state index >= 15 is 0 Å². The van der Waals surface area contributed by atoms with Gasteiger partial charge >= 0.3 is 0 Å². The van der Waals surface area contributed by atoms with E-state index in [4.69, 9.17) is 0 Å². The van der Waals surface area contributed by atoms with Gasteiger partial charge < -0.3 is 0 Å². The molecule has 0 N–H and O–H groups in total. The molecule has 0 unspecified atom stereocenters. The SMILES string of the molecule is Cc1ccc(-c2nn(C)cc2C)cn1. The topological polar surface area (TPSA) is 30.7 Å². The van der Waals surface area contributed by atoms with Crippen LogP contribution in [-0.2, 0) is 7.05 Å². The van der Waals surface area contributed by atoms with Crippen LogP contribution in [0.5, 0.6) is 0 Å². The van der Waals surface area contributed by atoms with Crippen molar-refractivity contribution in [2.75, 3.05) is 0 Å². The second kappa shape index (κ2) is 3.25. The number of pyridine rings is 1. The first kappa shape index (κ1) is 8.94. The summed E-state index contributed by atoms with van der Waals surface area (Å²) in [6.45, 7) is 4.04. The highest BCUT2D eigenvalue weighted by atomic mass is 15.2. The van der Waals surface area contributed by atoms with E-state index < -0.39 is 0 Å². The average molecular weight is 187 g/mol. The second-order valence-corrected chi connectivity index (χ2v) is 3.52. The lowest BCUT2D eigenvalue weighted by Gasteiger charge is -1.98. The van der Waals surface area contributed by atoms with Crippen LogP contribution in [0.3, 0.4) is 0 Å². The molecule has 14 heavy (non-hydrogen) atoms. The fraction of sp³-hybridized carbons (Fsp3) is 0.273. The van der Waals surface area contributed by atoms with Gasteiger partial charge in [0, 0.05) is 30.7 Å². The Balaban J connectivity index is 2.49. The van der Waals surface area contributed by atoms with Crippen LogP contribution >= 0.6 is 0 Å². The lowest BCUT2D eigenvalue weighted by molar-refractivity contribution is 0.770. The van der Waals surface area contributed by atoms with E-state index in [0.717, 1.165) is 17.0 Å². The summed E-state index contributed by atoms with van der Waals surface area (Å²) in [5.74, 6) is 0. The van der Waals surface area contributed by atoms with Gasteiger partial charge in [-0.05, 0) is 31.5 Å². The summed E-state index contributed by atoms with van der Waals surface area (Å²) in [5, 5.41) is 4.39. The van der Waals surface area contributed by atoms with E-state index in [9.17, 15) is 0 Å². The zero-order chi connectivity index (χ0) is 10.1. The van der Waals surface area contributed by atoms with Crippen LogP contribution in [0.4, 0.5) is 0 Å². The highest BCUT2D eigenvalue weighted by molar-refractivity contribution is 5.61. The van der Waals surface area contributed by atoms with Crippen molar-refractivity contribution in [3.8, 4) is 11.3 Å². The van der Waals surface area contributed by atoms with E-state index in [1.807, 2.05) is 37.1 Å². The number of rotatable bonds is 1. The summed E-state index contributed by atoms with van der Waals surface area (Å²) in [4.78, 5) is 4.26. The molecule has 0 aliphatic carbocycles. The highest BCUT2D eigenvalue weighted by Gasteiger charge is 2.05. The van der Waals surface area contributed by atoms with Crippen molar-refractivity contribution in [2.24, 2.45) is 7.05 Å². The van der Waals surface area contributed by atoms with Gasteiger partial charge in [-0.15, -0.1) is 0 Å². The number of hydrogen-bond donors (Lipinski definition) is 0. The molecular weight excluding hydrogens is 174 g/mol. The van der Waals surface area contributed by atoms with E-state index in [1.165, 1.54) is 5.56 Å². The van der Waals surface area contributed by atoms with Crippen LogP contribution in [0.15, 0.2) is 24.5 Å². The van der Waals surface area contributed by atoms with Crippen LogP contribution in [0, 0.1) is 13.8 Å². The third-order valence-electron chi connectivity index (χ3n) is 2.20. The predicted octanol–water partition coefficient (Wildman–Crippen LogP) is 2.10. The Bertz CT molecular complexity index is 440. The van der Waals surface area contributed by atoms with Crippen LogP contribution in [0.25, 0.3) is 11.3 Å². The molecule has 72 valence electrons. The third kappa shape index (κ3) is 1.53. The van der Waals surface area contributed by atoms with Crippen molar-refractivity contribution in [3.05, 3.63) is 35.8 Å². The number of aromatic nitrogens is 3. The molecule has 2 aromatic heterocycles. The van der Waals surface area contributed by atoms with Crippen LogP contribution < -0.4 is 0 Å². The summed E-state index contributed by atoms with van der Waals surface area (Å²) in [6, 6.07) is 4.06. The molecule has 0 spiro atoms. The zero-order valence-corrected chi connectivity index (χ0v) is 8.65. The Morgan fingerprint density at radius 1 is 1.21 bits per heavy atom. The molecule has 2 aromatic rings. The maximum absolute atomic E-state index is 4.39. The Morgan fingerprint density at radius 3 is 2.50 bits per heavy atom. The second-order valence-electron chi connectivity index (χ2n) is 3.52. The molecule has 0 saturated heterocycles. The normalized spacial score (nSPS) is 10.5. The van der Waals surface area contributed by atoms with Crippen LogP contribution in [0.2, 0.25) is 0 Å². The number of aryl methyl sites for hydroxylation is 3. The first-order valence-corrected chi connectivity index (χ1v) is 4.60. The van der Waals surface area contributed by atoms with Gasteiger partial charge in [-0.3, -0.25) is 9.67 Å². The minimum Gasteiger partial charge on any atom is -0.275 e. The fourth-order valence-electron chi connectivity index (χ4n) is 1.50. The maximum atomic E-state index is 4.39. The summed E-state index contributed by atoms with van der Waals surface area (Å²) >= 11 is 0. The number of hydrogen-bond acceptors (Lipinski definition) is 2. The van der Waals surface area contributed by atoms with Gasteiger partial charge in [0.2, 0.25) is 0 Å². The van der Waals surface area contributed by atoms with Crippen molar-refractivity contribution in [2.45, 2.75) is 13.8 Å². The van der Waals surface area contributed by atoms with Crippen molar-refractivity contribution >= 4 is 0 Å². The van der Waals surface area contributed by atoms with Gasteiger partial charge in [-0.25, -0.2) is 0 Å². The molecule has 0 atom stereocenters. The van der Waals surface area contributed by atoms with E-state index in [1.54, 1.807) is 0 Å². The molecule has 0 amide bonds. The molecule has 3 heteroatoms. The summed E-state index contributed by atoms with van der Waals surface area (Å²) in [7, 11) is 1.93. The molecule has 0 aromatic carbocycles. The van der Waals surface area contributed by atoms with Gasteiger partial charge in [0.15, 0.2) is 0 Å². The standard InChI is InChI=1S/C11H13N3/c1-8-7-14(3)13-11(8)10-5-4-9(2)12-6-10/h4-7H,1-3H3. The van der Waals surface area contributed by atoms with Gasteiger partial charge in [-0.2, -0.15) is 5.10 Å². The maximum Gasteiger partial charge on any atom is 0.0967 e. The molecule has 0 fully saturated rings. The van der Waals surface area contributed by atoms with Gasteiger partial charge in [0.1, 0.15) is 0 Å². The lowest BCUT2D eigenvalue weighted by Crippen LogP contribution is -1.89. The molecule has 0 saturated carbocycles. The highest BCUT2D eigenvalue weighted by Crippen LogP contribution is 2.19. The molecule has 0 aliphatic rings. The molecule has 2 heterocycles. The number of nitrogens with zero attached hydrogens (tertiary/aromatic N) is 3. The molecule has 3 nitrogen and oxygen atoms in total. The zero-order valence-electron chi connectivity index (χ0n) is 8.65. The van der Waals surface area contributed by atoms with E-state index in [0.29, 0.717) is 0 Å². The molecular formula is C11H13N3. The van der Waals surface area contributed by atoms with Crippen LogP contribution in [-0.4, -0.2) is 14.8 Å². The largest absolute Gasteiger partial charge is 0.275 e. The molecule has 0 bridgehead atoms. The van der Waals surface area contributed by atoms with Gasteiger partial charge in [-0.1, -0.05) is 0 Å². The Hall–Kier alpha value is -1.64. The fourth-order valence-corrected chi connectivity index (χ4v) is 1.50. The van der Waals surface area contributed by atoms with E-state index in [-0.39, 0.29) is 0 Å². The Morgan fingerprint density at radius 2 is 2.00 bits per heavy atom. The predicted molar refractivity (Wildman–Crippen MR) is 55.9 cm³/mol. The van der Waals surface area contributed by atoms with E-state index in [2.05, 4.69) is 23.1 Å². The minimum absolute atomic E-state index is 1.01. The summed E-state index contributed by atoms with van der Waals surface area (Å²) < 4.78 is 1.82. The Kier molecular flexibility index (Phi) is 2.08.